The van der Waals surface area contributed by atoms with E-state index in [2.05, 4.69) is 4.98 Å². The Labute approximate surface area is 141 Å². The van der Waals surface area contributed by atoms with Crippen LogP contribution in [0.5, 0.6) is 5.75 Å². The van der Waals surface area contributed by atoms with E-state index in [4.69, 9.17) is 9.47 Å². The molecule has 2 atom stereocenters. The summed E-state index contributed by atoms with van der Waals surface area (Å²) < 4.78 is 11.5. The summed E-state index contributed by atoms with van der Waals surface area (Å²) in [6.45, 7) is 1.24. The van der Waals surface area contributed by atoms with Crippen molar-refractivity contribution >= 4 is 16.8 Å². The second kappa shape index (κ2) is 6.40. The zero-order chi connectivity index (χ0) is 16.5. The minimum absolute atomic E-state index is 0.00491. The molecular weight excluding hydrogens is 304 g/mol. The molecule has 1 aliphatic carbocycles. The Balaban J connectivity index is 1.72. The molecule has 1 amide bonds. The van der Waals surface area contributed by atoms with Gasteiger partial charge in [-0.3, -0.25) is 9.78 Å². The van der Waals surface area contributed by atoms with E-state index in [0.29, 0.717) is 24.5 Å². The van der Waals surface area contributed by atoms with Crippen LogP contribution >= 0.6 is 0 Å². The number of benzene rings is 1. The number of morpholine rings is 1. The second-order valence-electron chi connectivity index (χ2n) is 6.48. The Kier molecular flexibility index (Phi) is 4.10. The van der Waals surface area contributed by atoms with E-state index in [-0.39, 0.29) is 18.1 Å². The minimum atomic E-state index is 0.00491. The van der Waals surface area contributed by atoms with Gasteiger partial charge in [0.15, 0.2) is 0 Å². The highest BCUT2D eigenvalue weighted by Gasteiger charge is 2.37. The number of carbonyl (C=O) groups is 1. The van der Waals surface area contributed by atoms with Gasteiger partial charge in [0.25, 0.3) is 5.91 Å². The van der Waals surface area contributed by atoms with E-state index in [0.717, 1.165) is 30.2 Å². The smallest absolute Gasteiger partial charge is 0.259 e. The molecule has 2 aliphatic rings. The summed E-state index contributed by atoms with van der Waals surface area (Å²) in [4.78, 5) is 19.7. The molecule has 2 fully saturated rings. The van der Waals surface area contributed by atoms with Crippen LogP contribution in [0.25, 0.3) is 10.9 Å². The second-order valence-corrected chi connectivity index (χ2v) is 6.48. The van der Waals surface area contributed by atoms with Crippen molar-refractivity contribution in [2.24, 2.45) is 0 Å². The third-order valence-corrected chi connectivity index (χ3v) is 5.15. The highest BCUT2D eigenvalue weighted by atomic mass is 16.5. The summed E-state index contributed by atoms with van der Waals surface area (Å²) in [5.41, 5.74) is 1.38. The average molecular weight is 326 g/mol. The molecule has 1 saturated heterocycles. The number of rotatable bonds is 2. The molecule has 5 heteroatoms. The van der Waals surface area contributed by atoms with Crippen LogP contribution in [0.1, 0.15) is 36.0 Å². The van der Waals surface area contributed by atoms with Crippen LogP contribution in [0.3, 0.4) is 0 Å². The standard InChI is InChI=1S/C19H22N2O3/c1-23-18-13-6-2-3-7-15(13)20-12-14(18)19(22)21-10-11-24-17-9-5-4-8-16(17)21/h2-3,6-7,12,16-17H,4-5,8-11H2,1H3. The Bertz CT molecular complexity index is 759. The number of hydrogen-bond acceptors (Lipinski definition) is 4. The van der Waals surface area contributed by atoms with Crippen LogP contribution in [-0.2, 0) is 4.74 Å². The summed E-state index contributed by atoms with van der Waals surface area (Å²) >= 11 is 0. The van der Waals surface area contributed by atoms with E-state index < -0.39 is 0 Å². The number of nitrogens with zero attached hydrogens (tertiary/aromatic N) is 2. The third kappa shape index (κ3) is 2.53. The molecular formula is C19H22N2O3. The molecule has 0 bridgehead atoms. The van der Waals surface area contributed by atoms with Gasteiger partial charge in [-0.2, -0.15) is 0 Å². The molecule has 5 nitrogen and oxygen atoms in total. The predicted octanol–water partition coefficient (Wildman–Crippen LogP) is 3.03. The molecule has 1 aliphatic heterocycles. The summed E-state index contributed by atoms with van der Waals surface area (Å²) in [6.07, 6.45) is 6.22. The van der Waals surface area contributed by atoms with Crippen molar-refractivity contribution in [3.8, 4) is 5.75 Å². The molecule has 1 saturated carbocycles. The number of para-hydroxylation sites is 1. The van der Waals surface area contributed by atoms with Gasteiger partial charge in [-0.1, -0.05) is 25.0 Å². The van der Waals surface area contributed by atoms with E-state index >= 15 is 0 Å². The summed E-state index contributed by atoms with van der Waals surface area (Å²) in [7, 11) is 1.61. The van der Waals surface area contributed by atoms with Crippen LogP contribution in [0, 0.1) is 0 Å². The third-order valence-electron chi connectivity index (χ3n) is 5.15. The molecule has 2 aromatic rings. The lowest BCUT2D eigenvalue weighted by Crippen LogP contribution is -2.54. The van der Waals surface area contributed by atoms with Gasteiger partial charge in [0, 0.05) is 18.1 Å². The van der Waals surface area contributed by atoms with Gasteiger partial charge >= 0.3 is 0 Å². The molecule has 0 spiro atoms. The van der Waals surface area contributed by atoms with Crippen LogP contribution in [0.15, 0.2) is 30.5 Å². The number of carbonyl (C=O) groups excluding carboxylic acids is 1. The first-order valence-corrected chi connectivity index (χ1v) is 8.64. The predicted molar refractivity (Wildman–Crippen MR) is 91.3 cm³/mol. The zero-order valence-electron chi connectivity index (χ0n) is 13.9. The average Bonchev–Trinajstić information content (AvgIpc) is 2.66. The molecule has 1 aromatic heterocycles. The Morgan fingerprint density at radius 2 is 2.12 bits per heavy atom. The van der Waals surface area contributed by atoms with Crippen LogP contribution in [-0.4, -0.2) is 48.2 Å². The number of fused-ring (bicyclic) bond motifs is 2. The first-order chi connectivity index (χ1) is 11.8. The number of hydrogen-bond donors (Lipinski definition) is 0. The Morgan fingerprint density at radius 3 is 3.00 bits per heavy atom. The molecule has 4 rings (SSSR count). The highest BCUT2D eigenvalue weighted by molar-refractivity contribution is 6.02. The summed E-state index contributed by atoms with van der Waals surface area (Å²) in [5.74, 6) is 0.620. The zero-order valence-corrected chi connectivity index (χ0v) is 13.9. The first kappa shape index (κ1) is 15.4. The van der Waals surface area contributed by atoms with Gasteiger partial charge in [-0.05, 0) is 25.0 Å². The monoisotopic (exact) mass is 326 g/mol. The van der Waals surface area contributed by atoms with Crippen molar-refractivity contribution in [3.63, 3.8) is 0 Å². The summed E-state index contributed by atoms with van der Waals surface area (Å²) in [5, 5.41) is 0.874. The van der Waals surface area contributed by atoms with Crippen LogP contribution in [0.2, 0.25) is 0 Å². The highest BCUT2D eigenvalue weighted by Crippen LogP contribution is 2.33. The fourth-order valence-corrected chi connectivity index (χ4v) is 3.99. The van der Waals surface area contributed by atoms with Gasteiger partial charge in [-0.15, -0.1) is 0 Å². The van der Waals surface area contributed by atoms with Crippen molar-refractivity contribution in [1.29, 1.82) is 0 Å². The van der Waals surface area contributed by atoms with Crippen molar-refractivity contribution in [2.75, 3.05) is 20.3 Å². The van der Waals surface area contributed by atoms with Gasteiger partial charge in [0.1, 0.15) is 11.3 Å². The fourth-order valence-electron chi connectivity index (χ4n) is 3.99. The van der Waals surface area contributed by atoms with E-state index in [1.54, 1.807) is 13.3 Å². The largest absolute Gasteiger partial charge is 0.495 e. The van der Waals surface area contributed by atoms with E-state index in [9.17, 15) is 4.79 Å². The van der Waals surface area contributed by atoms with Crippen LogP contribution < -0.4 is 4.74 Å². The number of aromatic nitrogens is 1. The number of pyridine rings is 1. The van der Waals surface area contributed by atoms with Crippen LogP contribution in [0.4, 0.5) is 0 Å². The molecule has 1 aromatic carbocycles. The Hall–Kier alpha value is -2.14. The molecule has 0 N–H and O–H groups in total. The molecule has 2 unspecified atom stereocenters. The molecule has 24 heavy (non-hydrogen) atoms. The number of amides is 1. The number of methoxy groups -OCH3 is 1. The van der Waals surface area contributed by atoms with Gasteiger partial charge in [-0.25, -0.2) is 0 Å². The SMILES string of the molecule is COc1c(C(=O)N2CCOC3CCCCC32)cnc2ccccc12. The van der Waals surface area contributed by atoms with Crippen molar-refractivity contribution in [3.05, 3.63) is 36.0 Å². The minimum Gasteiger partial charge on any atom is -0.495 e. The molecule has 126 valence electrons. The molecule has 2 heterocycles. The maximum atomic E-state index is 13.2. The van der Waals surface area contributed by atoms with Gasteiger partial charge in [0.2, 0.25) is 0 Å². The van der Waals surface area contributed by atoms with Crippen molar-refractivity contribution < 1.29 is 14.3 Å². The van der Waals surface area contributed by atoms with E-state index in [1.807, 2.05) is 29.2 Å². The summed E-state index contributed by atoms with van der Waals surface area (Å²) in [6, 6.07) is 7.92. The Morgan fingerprint density at radius 1 is 1.29 bits per heavy atom. The topological polar surface area (TPSA) is 51.7 Å². The van der Waals surface area contributed by atoms with Gasteiger partial charge in [0.05, 0.1) is 31.4 Å². The lowest BCUT2D eigenvalue weighted by molar-refractivity contribution is -0.0753. The lowest BCUT2D eigenvalue weighted by Gasteiger charge is -2.43. The number of ether oxygens (including phenoxy) is 2. The van der Waals surface area contributed by atoms with Crippen molar-refractivity contribution in [2.45, 2.75) is 37.8 Å². The van der Waals surface area contributed by atoms with E-state index in [1.165, 1.54) is 6.42 Å². The fraction of sp³-hybridized carbons (Fsp3) is 0.474. The molecule has 0 radical (unpaired) electrons. The quantitative estimate of drug-likeness (QED) is 0.851. The lowest BCUT2D eigenvalue weighted by atomic mass is 9.89. The maximum Gasteiger partial charge on any atom is 0.259 e. The normalized spacial score (nSPS) is 23.8. The maximum absolute atomic E-state index is 13.2. The van der Waals surface area contributed by atoms with Gasteiger partial charge < -0.3 is 14.4 Å². The first-order valence-electron chi connectivity index (χ1n) is 8.64. The van der Waals surface area contributed by atoms with Crippen molar-refractivity contribution in [1.82, 2.24) is 9.88 Å².